The molecule has 2 aromatic rings. The Kier molecular flexibility index (Phi) is 5.55. The first-order valence-corrected chi connectivity index (χ1v) is 8.51. The SMILES string of the molecule is Fc1cc(F)cc(NC(=S)N2CCC[NH+](Cc3ccccc3F)C2)c1. The summed E-state index contributed by atoms with van der Waals surface area (Å²) in [7, 11) is 0. The van der Waals surface area contributed by atoms with Gasteiger partial charge in [-0.2, -0.15) is 0 Å². The lowest BCUT2D eigenvalue weighted by atomic mass is 10.2. The lowest BCUT2D eigenvalue weighted by molar-refractivity contribution is -0.927. The van der Waals surface area contributed by atoms with Crippen LogP contribution in [0.2, 0.25) is 0 Å². The molecule has 3 nitrogen and oxygen atoms in total. The van der Waals surface area contributed by atoms with E-state index in [1.807, 2.05) is 11.0 Å². The summed E-state index contributed by atoms with van der Waals surface area (Å²) in [4.78, 5) is 3.13. The maximum Gasteiger partial charge on any atom is 0.177 e. The zero-order chi connectivity index (χ0) is 17.8. The molecule has 0 bridgehead atoms. The zero-order valence-corrected chi connectivity index (χ0v) is 14.4. The fourth-order valence-corrected chi connectivity index (χ4v) is 3.28. The first-order valence-electron chi connectivity index (χ1n) is 8.10. The largest absolute Gasteiger partial charge is 0.332 e. The van der Waals surface area contributed by atoms with E-state index >= 15 is 0 Å². The minimum Gasteiger partial charge on any atom is -0.332 e. The minimum absolute atomic E-state index is 0.205. The smallest absolute Gasteiger partial charge is 0.177 e. The Labute approximate surface area is 150 Å². The van der Waals surface area contributed by atoms with Gasteiger partial charge < -0.3 is 15.1 Å². The highest BCUT2D eigenvalue weighted by molar-refractivity contribution is 7.80. The molecule has 0 saturated carbocycles. The highest BCUT2D eigenvalue weighted by Crippen LogP contribution is 2.14. The van der Waals surface area contributed by atoms with Gasteiger partial charge in [0.2, 0.25) is 0 Å². The molecular formula is C18H19F3N3S+. The van der Waals surface area contributed by atoms with Crippen molar-refractivity contribution in [2.75, 3.05) is 25.1 Å². The molecule has 1 aliphatic rings. The zero-order valence-electron chi connectivity index (χ0n) is 13.6. The van der Waals surface area contributed by atoms with Gasteiger partial charge in [0.25, 0.3) is 0 Å². The van der Waals surface area contributed by atoms with E-state index in [1.165, 1.54) is 23.1 Å². The van der Waals surface area contributed by atoms with Crippen LogP contribution in [0.1, 0.15) is 12.0 Å². The summed E-state index contributed by atoms with van der Waals surface area (Å²) in [6.07, 6.45) is 0.906. The van der Waals surface area contributed by atoms with Gasteiger partial charge in [-0.25, -0.2) is 13.2 Å². The Morgan fingerprint density at radius 2 is 1.84 bits per heavy atom. The molecule has 1 fully saturated rings. The number of hydrogen-bond donors (Lipinski definition) is 2. The molecule has 1 saturated heterocycles. The summed E-state index contributed by atoms with van der Waals surface area (Å²) in [5.41, 5.74) is 0.953. The lowest BCUT2D eigenvalue weighted by Crippen LogP contribution is -3.13. The summed E-state index contributed by atoms with van der Waals surface area (Å²) in [6.45, 7) is 2.85. The van der Waals surface area contributed by atoms with Crippen LogP contribution < -0.4 is 10.2 Å². The molecule has 2 aromatic carbocycles. The van der Waals surface area contributed by atoms with Gasteiger partial charge in [0, 0.05) is 30.3 Å². The second-order valence-corrected chi connectivity index (χ2v) is 6.52. The maximum atomic E-state index is 13.8. The van der Waals surface area contributed by atoms with Gasteiger partial charge in [0.05, 0.1) is 6.54 Å². The quantitative estimate of drug-likeness (QED) is 0.815. The monoisotopic (exact) mass is 366 g/mol. The van der Waals surface area contributed by atoms with Gasteiger partial charge in [-0.15, -0.1) is 0 Å². The molecule has 0 amide bonds. The van der Waals surface area contributed by atoms with E-state index in [1.54, 1.807) is 12.1 Å². The van der Waals surface area contributed by atoms with Crippen molar-refractivity contribution in [1.29, 1.82) is 0 Å². The minimum atomic E-state index is -0.657. The second-order valence-electron chi connectivity index (χ2n) is 6.13. The average Bonchev–Trinajstić information content (AvgIpc) is 2.56. The van der Waals surface area contributed by atoms with E-state index in [0.29, 0.717) is 23.9 Å². The van der Waals surface area contributed by atoms with E-state index < -0.39 is 11.6 Å². The van der Waals surface area contributed by atoms with Crippen molar-refractivity contribution in [2.24, 2.45) is 0 Å². The van der Waals surface area contributed by atoms with Crippen molar-refractivity contribution in [3.63, 3.8) is 0 Å². The molecule has 25 heavy (non-hydrogen) atoms. The van der Waals surface area contributed by atoms with Gasteiger partial charge >= 0.3 is 0 Å². The van der Waals surface area contributed by atoms with Crippen molar-refractivity contribution in [2.45, 2.75) is 13.0 Å². The van der Waals surface area contributed by atoms with E-state index in [-0.39, 0.29) is 11.5 Å². The van der Waals surface area contributed by atoms with E-state index in [0.717, 1.165) is 25.6 Å². The molecule has 1 aliphatic heterocycles. The second kappa shape index (κ2) is 7.84. The maximum absolute atomic E-state index is 13.8. The number of anilines is 1. The Hall–Kier alpha value is -2.12. The Morgan fingerprint density at radius 1 is 1.12 bits per heavy atom. The molecule has 132 valence electrons. The van der Waals surface area contributed by atoms with Crippen LogP contribution in [0.4, 0.5) is 18.9 Å². The molecule has 1 atom stereocenters. The third-order valence-electron chi connectivity index (χ3n) is 4.17. The van der Waals surface area contributed by atoms with Crippen molar-refractivity contribution in [3.8, 4) is 0 Å². The highest BCUT2D eigenvalue weighted by Gasteiger charge is 2.23. The molecule has 0 aliphatic carbocycles. The summed E-state index contributed by atoms with van der Waals surface area (Å²) in [5, 5.41) is 3.29. The van der Waals surface area contributed by atoms with Crippen molar-refractivity contribution in [3.05, 3.63) is 65.5 Å². The summed E-state index contributed by atoms with van der Waals surface area (Å²) >= 11 is 5.37. The number of rotatable bonds is 3. The number of thiocarbonyl (C=S) groups is 1. The topological polar surface area (TPSA) is 19.7 Å². The van der Waals surface area contributed by atoms with Gasteiger partial charge in [-0.1, -0.05) is 18.2 Å². The van der Waals surface area contributed by atoms with Gasteiger partial charge in [-0.05, 0) is 30.4 Å². The molecule has 7 heteroatoms. The molecule has 1 unspecified atom stereocenters. The molecule has 3 rings (SSSR count). The number of halogens is 3. The first kappa shape index (κ1) is 17.7. The van der Waals surface area contributed by atoms with Gasteiger partial charge in [-0.3, -0.25) is 0 Å². The number of nitrogens with zero attached hydrogens (tertiary/aromatic N) is 1. The van der Waals surface area contributed by atoms with Crippen LogP contribution in [-0.4, -0.2) is 29.8 Å². The van der Waals surface area contributed by atoms with Crippen LogP contribution in [0.15, 0.2) is 42.5 Å². The number of quaternary nitrogens is 1. The van der Waals surface area contributed by atoms with E-state index in [4.69, 9.17) is 12.2 Å². The van der Waals surface area contributed by atoms with E-state index in [2.05, 4.69) is 5.32 Å². The van der Waals surface area contributed by atoms with Gasteiger partial charge in [0.15, 0.2) is 11.8 Å². The predicted octanol–water partition coefficient (Wildman–Crippen LogP) is 2.55. The van der Waals surface area contributed by atoms with Gasteiger partial charge in [0.1, 0.15) is 24.0 Å². The molecule has 2 N–H and O–H groups in total. The normalized spacial score (nSPS) is 17.4. The Balaban J connectivity index is 1.62. The molecule has 0 aromatic heterocycles. The summed E-state index contributed by atoms with van der Waals surface area (Å²) in [6, 6.07) is 9.95. The van der Waals surface area contributed by atoms with Crippen molar-refractivity contribution in [1.82, 2.24) is 4.90 Å². The summed E-state index contributed by atoms with van der Waals surface area (Å²) < 4.78 is 40.4. The fourth-order valence-electron chi connectivity index (χ4n) is 3.01. The Morgan fingerprint density at radius 3 is 2.56 bits per heavy atom. The fraction of sp³-hybridized carbons (Fsp3) is 0.278. The average molecular weight is 366 g/mol. The first-order chi connectivity index (χ1) is 12.0. The number of benzene rings is 2. The predicted molar refractivity (Wildman–Crippen MR) is 94.7 cm³/mol. The Bertz CT molecular complexity index is 749. The van der Waals surface area contributed by atoms with Crippen LogP contribution in [0, 0.1) is 17.5 Å². The molecular weight excluding hydrogens is 347 g/mol. The van der Waals surface area contributed by atoms with Crippen molar-refractivity contribution < 1.29 is 18.1 Å². The highest BCUT2D eigenvalue weighted by atomic mass is 32.1. The van der Waals surface area contributed by atoms with Crippen LogP contribution in [0.3, 0.4) is 0 Å². The number of nitrogens with one attached hydrogen (secondary N) is 2. The third kappa shape index (κ3) is 4.70. The molecule has 1 heterocycles. The molecule has 0 spiro atoms. The summed E-state index contributed by atoms with van der Waals surface area (Å²) in [5.74, 6) is -1.52. The van der Waals surface area contributed by atoms with Crippen LogP contribution in [0.25, 0.3) is 0 Å². The third-order valence-corrected chi connectivity index (χ3v) is 4.53. The standard InChI is InChI=1S/C18H18F3N3S/c19-14-8-15(20)10-16(9-14)22-18(25)24-7-3-6-23(12-24)11-13-4-1-2-5-17(13)21/h1-2,4-5,8-10H,3,6-7,11-12H2,(H,22,25)/p+1. The molecule has 0 radical (unpaired) electrons. The van der Waals surface area contributed by atoms with E-state index in [9.17, 15) is 13.2 Å². The van der Waals surface area contributed by atoms with Crippen molar-refractivity contribution >= 4 is 23.0 Å². The van der Waals surface area contributed by atoms with Crippen LogP contribution in [-0.2, 0) is 6.54 Å². The number of hydrogen-bond acceptors (Lipinski definition) is 1. The lowest BCUT2D eigenvalue weighted by Gasteiger charge is -2.34. The van der Waals surface area contributed by atoms with Crippen LogP contribution >= 0.6 is 12.2 Å². The van der Waals surface area contributed by atoms with Crippen LogP contribution in [0.5, 0.6) is 0 Å².